The number of hydrogen-bond donors (Lipinski definition) is 1. The van der Waals surface area contributed by atoms with Gasteiger partial charge in [-0.3, -0.25) is 4.79 Å². The van der Waals surface area contributed by atoms with Crippen LogP contribution in [0.1, 0.15) is 18.1 Å². The molecule has 0 aliphatic heterocycles. The van der Waals surface area contributed by atoms with Crippen LogP contribution in [0.4, 0.5) is 5.69 Å². The van der Waals surface area contributed by atoms with Crippen LogP contribution in [0.3, 0.4) is 0 Å². The van der Waals surface area contributed by atoms with Gasteiger partial charge in [-0.2, -0.15) is 5.10 Å². The lowest BCUT2D eigenvalue weighted by atomic mass is 10.2. The van der Waals surface area contributed by atoms with Gasteiger partial charge in [-0.1, -0.05) is 30.3 Å². The molecule has 0 radical (unpaired) electrons. The van der Waals surface area contributed by atoms with E-state index in [0.717, 1.165) is 24.3 Å². The normalized spacial score (nSPS) is 10.6. The topological polar surface area (TPSA) is 50.2 Å². The molecule has 1 amide bonds. The number of nitrogens with zero attached hydrogens (tertiary/aromatic N) is 3. The van der Waals surface area contributed by atoms with Crippen LogP contribution in [-0.2, 0) is 11.2 Å². The first-order chi connectivity index (χ1) is 13.2. The highest BCUT2D eigenvalue weighted by atomic mass is 16.1. The van der Waals surface area contributed by atoms with Gasteiger partial charge in [0.1, 0.15) is 0 Å². The molecular weight excluding hydrogens is 336 g/mol. The Hall–Kier alpha value is -3.08. The quantitative estimate of drug-likeness (QED) is 0.668. The Morgan fingerprint density at radius 1 is 1.15 bits per heavy atom. The molecular formula is C22H26N4O. The van der Waals surface area contributed by atoms with Crippen molar-refractivity contribution >= 4 is 11.6 Å². The highest BCUT2D eigenvalue weighted by molar-refractivity contribution is 5.78. The van der Waals surface area contributed by atoms with Gasteiger partial charge in [-0.25, -0.2) is 4.68 Å². The van der Waals surface area contributed by atoms with Crippen LogP contribution in [0.25, 0.3) is 5.69 Å². The number of nitrogens with one attached hydrogen (secondary N) is 1. The van der Waals surface area contributed by atoms with Crippen LogP contribution in [0, 0.1) is 6.92 Å². The molecule has 3 aromatic rings. The molecule has 3 rings (SSSR count). The molecule has 2 aromatic carbocycles. The molecule has 0 fully saturated rings. The smallest absolute Gasteiger partial charge is 0.224 e. The van der Waals surface area contributed by atoms with E-state index >= 15 is 0 Å². The second-order valence-corrected chi connectivity index (χ2v) is 6.57. The third kappa shape index (κ3) is 5.20. The fourth-order valence-corrected chi connectivity index (χ4v) is 3.05. The van der Waals surface area contributed by atoms with Gasteiger partial charge < -0.3 is 10.2 Å². The molecule has 5 nitrogen and oxygen atoms in total. The first-order valence-corrected chi connectivity index (χ1v) is 9.33. The van der Waals surface area contributed by atoms with Crippen molar-refractivity contribution in [2.45, 2.75) is 20.3 Å². The first-order valence-electron chi connectivity index (χ1n) is 9.33. The summed E-state index contributed by atoms with van der Waals surface area (Å²) in [6.45, 7) is 6.53. The zero-order chi connectivity index (χ0) is 19.1. The summed E-state index contributed by atoms with van der Waals surface area (Å²) in [4.78, 5) is 14.5. The summed E-state index contributed by atoms with van der Waals surface area (Å²) in [6, 6.07) is 18.3. The lowest BCUT2D eigenvalue weighted by Gasteiger charge is -2.23. The van der Waals surface area contributed by atoms with E-state index in [1.54, 1.807) is 10.9 Å². The number of anilines is 1. The Labute approximate surface area is 160 Å². The Balaban J connectivity index is 1.49. The summed E-state index contributed by atoms with van der Waals surface area (Å²) >= 11 is 0. The Bertz CT molecular complexity index is 873. The Morgan fingerprint density at radius 3 is 2.70 bits per heavy atom. The average molecular weight is 362 g/mol. The summed E-state index contributed by atoms with van der Waals surface area (Å²) < 4.78 is 1.79. The summed E-state index contributed by atoms with van der Waals surface area (Å²) in [6.07, 6.45) is 3.99. The molecule has 1 N–H and O–H groups in total. The fraction of sp³-hybridized carbons (Fsp3) is 0.273. The minimum atomic E-state index is 0.0166. The van der Waals surface area contributed by atoms with Crippen molar-refractivity contribution in [1.29, 1.82) is 0 Å². The van der Waals surface area contributed by atoms with Gasteiger partial charge in [0.15, 0.2) is 0 Å². The van der Waals surface area contributed by atoms with Gasteiger partial charge in [0.05, 0.1) is 18.3 Å². The van der Waals surface area contributed by atoms with Crippen LogP contribution in [0.5, 0.6) is 0 Å². The number of aryl methyl sites for hydroxylation is 1. The van der Waals surface area contributed by atoms with Crippen LogP contribution in [0.15, 0.2) is 67.0 Å². The van der Waals surface area contributed by atoms with Crippen molar-refractivity contribution in [2.24, 2.45) is 0 Å². The van der Waals surface area contributed by atoms with E-state index < -0.39 is 0 Å². The number of carbonyl (C=O) groups is 1. The predicted octanol–water partition coefficient (Wildman–Crippen LogP) is 3.37. The first kappa shape index (κ1) is 18.7. The van der Waals surface area contributed by atoms with Crippen molar-refractivity contribution in [3.8, 4) is 5.69 Å². The minimum Gasteiger partial charge on any atom is -0.370 e. The van der Waals surface area contributed by atoms with E-state index in [1.807, 2.05) is 36.5 Å². The highest BCUT2D eigenvalue weighted by Crippen LogP contribution is 2.15. The lowest BCUT2D eigenvalue weighted by Crippen LogP contribution is -2.35. The molecule has 0 unspecified atom stereocenters. The maximum atomic E-state index is 12.3. The summed E-state index contributed by atoms with van der Waals surface area (Å²) in [7, 11) is 0. The largest absolute Gasteiger partial charge is 0.370 e. The molecule has 27 heavy (non-hydrogen) atoms. The van der Waals surface area contributed by atoms with E-state index in [0.29, 0.717) is 13.0 Å². The number of rotatable bonds is 8. The molecule has 0 spiro atoms. The molecule has 5 heteroatoms. The van der Waals surface area contributed by atoms with E-state index in [-0.39, 0.29) is 5.91 Å². The Kier molecular flexibility index (Phi) is 6.26. The number of likely N-dealkylation sites (N-methyl/N-ethyl adjacent to an activating group) is 1. The zero-order valence-electron chi connectivity index (χ0n) is 15.9. The van der Waals surface area contributed by atoms with E-state index in [9.17, 15) is 4.79 Å². The number of hydrogen-bond acceptors (Lipinski definition) is 3. The zero-order valence-corrected chi connectivity index (χ0v) is 15.9. The van der Waals surface area contributed by atoms with Gasteiger partial charge in [0, 0.05) is 31.5 Å². The van der Waals surface area contributed by atoms with E-state index in [4.69, 9.17) is 0 Å². The summed E-state index contributed by atoms with van der Waals surface area (Å²) in [5.41, 5.74) is 4.32. The standard InChI is InChI=1S/C22H26N4O/c1-3-25(21-11-7-8-18(2)14-21)13-12-23-22(27)15-19-16-24-26(17-19)20-9-5-4-6-10-20/h4-11,14,16-17H,3,12-13,15H2,1-2H3,(H,23,27). The third-order valence-corrected chi connectivity index (χ3v) is 4.47. The van der Waals surface area contributed by atoms with Crippen molar-refractivity contribution in [2.75, 3.05) is 24.5 Å². The highest BCUT2D eigenvalue weighted by Gasteiger charge is 2.08. The molecule has 1 heterocycles. The molecule has 0 aliphatic carbocycles. The molecule has 0 saturated carbocycles. The fourth-order valence-electron chi connectivity index (χ4n) is 3.05. The monoisotopic (exact) mass is 362 g/mol. The second-order valence-electron chi connectivity index (χ2n) is 6.57. The average Bonchev–Trinajstić information content (AvgIpc) is 3.14. The predicted molar refractivity (Wildman–Crippen MR) is 109 cm³/mol. The van der Waals surface area contributed by atoms with Crippen LogP contribution >= 0.6 is 0 Å². The Morgan fingerprint density at radius 2 is 1.96 bits per heavy atom. The molecule has 0 aliphatic rings. The molecule has 140 valence electrons. The number of aromatic nitrogens is 2. The van der Waals surface area contributed by atoms with Gasteiger partial charge >= 0.3 is 0 Å². The van der Waals surface area contributed by atoms with Crippen LogP contribution in [-0.4, -0.2) is 35.3 Å². The lowest BCUT2D eigenvalue weighted by molar-refractivity contribution is -0.120. The van der Waals surface area contributed by atoms with Gasteiger partial charge in [-0.15, -0.1) is 0 Å². The number of amides is 1. The number of para-hydroxylation sites is 1. The van der Waals surface area contributed by atoms with E-state index in [2.05, 4.69) is 53.4 Å². The van der Waals surface area contributed by atoms with Gasteiger partial charge in [0.25, 0.3) is 0 Å². The molecule has 0 bridgehead atoms. The van der Waals surface area contributed by atoms with Gasteiger partial charge in [0.2, 0.25) is 5.91 Å². The van der Waals surface area contributed by atoms with Crippen molar-refractivity contribution < 1.29 is 4.79 Å². The van der Waals surface area contributed by atoms with Crippen LogP contribution in [0.2, 0.25) is 0 Å². The molecule has 0 atom stereocenters. The number of carbonyl (C=O) groups excluding carboxylic acids is 1. The van der Waals surface area contributed by atoms with Crippen LogP contribution < -0.4 is 10.2 Å². The minimum absolute atomic E-state index is 0.0166. The molecule has 0 saturated heterocycles. The maximum absolute atomic E-state index is 12.3. The maximum Gasteiger partial charge on any atom is 0.224 e. The van der Waals surface area contributed by atoms with Crippen molar-refractivity contribution in [3.63, 3.8) is 0 Å². The third-order valence-electron chi connectivity index (χ3n) is 4.47. The number of benzene rings is 2. The van der Waals surface area contributed by atoms with Gasteiger partial charge in [-0.05, 0) is 49.2 Å². The van der Waals surface area contributed by atoms with Crippen molar-refractivity contribution in [1.82, 2.24) is 15.1 Å². The SMILES string of the molecule is CCN(CCNC(=O)Cc1cnn(-c2ccccc2)c1)c1cccc(C)c1. The van der Waals surface area contributed by atoms with E-state index in [1.165, 1.54) is 11.3 Å². The molecule has 1 aromatic heterocycles. The summed E-state index contributed by atoms with van der Waals surface area (Å²) in [5.74, 6) is 0.0166. The summed E-state index contributed by atoms with van der Waals surface area (Å²) in [5, 5.41) is 7.35. The van der Waals surface area contributed by atoms with Crippen molar-refractivity contribution in [3.05, 3.63) is 78.1 Å². The second kappa shape index (κ2) is 9.03.